The maximum Gasteiger partial charge on any atom is 0.261 e. The maximum absolute atomic E-state index is 12.6. The highest BCUT2D eigenvalue weighted by atomic mass is 35.5. The number of hydrogen-bond acceptors (Lipinski definition) is 4. The Morgan fingerprint density at radius 1 is 1.11 bits per heavy atom. The Labute approximate surface area is 159 Å². The lowest BCUT2D eigenvalue weighted by Gasteiger charge is -2.41. The lowest BCUT2D eigenvalue weighted by molar-refractivity contribution is -0.127. The van der Waals surface area contributed by atoms with E-state index in [0.717, 1.165) is 5.56 Å². The van der Waals surface area contributed by atoms with Gasteiger partial charge in [0.2, 0.25) is 11.8 Å². The minimum absolute atomic E-state index is 0.0474. The zero-order chi connectivity index (χ0) is 19.1. The minimum atomic E-state index is -0.477. The highest BCUT2D eigenvalue weighted by molar-refractivity contribution is 6.30. The van der Waals surface area contributed by atoms with E-state index in [1.54, 1.807) is 24.3 Å². The first-order valence-corrected chi connectivity index (χ1v) is 8.92. The molecule has 1 aromatic carbocycles. The first-order valence-electron chi connectivity index (χ1n) is 8.54. The Kier molecular flexibility index (Phi) is 4.31. The summed E-state index contributed by atoms with van der Waals surface area (Å²) in [5.74, 6) is -1.37. The fourth-order valence-corrected chi connectivity index (χ4v) is 3.71. The number of H-pyrrole nitrogens is 1. The minimum Gasteiger partial charge on any atom is -0.338 e. The van der Waals surface area contributed by atoms with Crippen LogP contribution in [0.3, 0.4) is 0 Å². The van der Waals surface area contributed by atoms with Gasteiger partial charge in [-0.15, -0.1) is 0 Å². The van der Waals surface area contributed by atoms with Crippen LogP contribution in [-0.4, -0.2) is 40.7 Å². The van der Waals surface area contributed by atoms with Crippen molar-refractivity contribution in [2.75, 3.05) is 13.1 Å². The second-order valence-corrected chi connectivity index (χ2v) is 7.25. The smallest absolute Gasteiger partial charge is 0.261 e. The van der Waals surface area contributed by atoms with Gasteiger partial charge < -0.3 is 9.88 Å². The third-order valence-electron chi connectivity index (χ3n) is 5.05. The number of hydrogen-bond donors (Lipinski definition) is 2. The zero-order valence-corrected chi connectivity index (χ0v) is 15.0. The van der Waals surface area contributed by atoms with E-state index in [-0.39, 0.29) is 41.5 Å². The van der Waals surface area contributed by atoms with Crippen molar-refractivity contribution in [2.45, 2.75) is 6.42 Å². The molecule has 8 heteroatoms. The highest BCUT2D eigenvalue weighted by Crippen LogP contribution is 2.30. The van der Waals surface area contributed by atoms with Gasteiger partial charge in [0.05, 0.1) is 5.92 Å². The third kappa shape index (κ3) is 3.26. The monoisotopic (exact) mass is 385 g/mol. The first-order chi connectivity index (χ1) is 12.9. The summed E-state index contributed by atoms with van der Waals surface area (Å²) in [7, 11) is 0. The Hall–Kier alpha value is -2.93. The molecule has 0 spiro atoms. The van der Waals surface area contributed by atoms with Crippen LogP contribution in [0.5, 0.6) is 0 Å². The number of nitrogens with zero attached hydrogens (tertiary/aromatic N) is 1. The SMILES string of the molecule is O=C1CC(C2CN(C(=O)c3ccc(-c4cccc(Cl)c4)[nH]c3=O)C2)C(=O)N1. The topological polar surface area (TPSA) is 99.3 Å². The van der Waals surface area contributed by atoms with Crippen LogP contribution in [0.25, 0.3) is 11.3 Å². The van der Waals surface area contributed by atoms with E-state index in [9.17, 15) is 19.2 Å². The van der Waals surface area contributed by atoms with E-state index < -0.39 is 5.56 Å². The van der Waals surface area contributed by atoms with Crippen molar-refractivity contribution >= 4 is 29.3 Å². The van der Waals surface area contributed by atoms with E-state index in [0.29, 0.717) is 23.8 Å². The maximum atomic E-state index is 12.6. The van der Waals surface area contributed by atoms with E-state index in [1.807, 2.05) is 6.07 Å². The van der Waals surface area contributed by atoms with Crippen LogP contribution < -0.4 is 10.9 Å². The van der Waals surface area contributed by atoms with Crippen molar-refractivity contribution in [3.05, 3.63) is 57.3 Å². The molecule has 0 bridgehead atoms. The summed E-state index contributed by atoms with van der Waals surface area (Å²) in [5, 5.41) is 2.83. The Balaban J connectivity index is 1.47. The molecule has 1 atom stereocenters. The molecule has 0 radical (unpaired) electrons. The summed E-state index contributed by atoms with van der Waals surface area (Å²) in [6.07, 6.45) is 0.167. The number of aromatic nitrogens is 1. The van der Waals surface area contributed by atoms with Crippen LogP contribution in [0.4, 0.5) is 0 Å². The van der Waals surface area contributed by atoms with Gasteiger partial charge in [0, 0.05) is 36.1 Å². The molecule has 2 fully saturated rings. The summed E-state index contributed by atoms with van der Waals surface area (Å²) in [4.78, 5) is 52.2. The lowest BCUT2D eigenvalue weighted by Crippen LogP contribution is -2.54. The molecule has 0 saturated carbocycles. The van der Waals surface area contributed by atoms with Gasteiger partial charge in [0.25, 0.3) is 11.5 Å². The van der Waals surface area contributed by atoms with E-state index in [4.69, 9.17) is 11.6 Å². The molecule has 1 aromatic heterocycles. The van der Waals surface area contributed by atoms with E-state index in [1.165, 1.54) is 11.0 Å². The normalized spacial score (nSPS) is 19.7. The van der Waals surface area contributed by atoms with Crippen LogP contribution in [-0.2, 0) is 9.59 Å². The molecule has 3 heterocycles. The predicted molar refractivity (Wildman–Crippen MR) is 98.2 cm³/mol. The van der Waals surface area contributed by atoms with Gasteiger partial charge in [-0.3, -0.25) is 24.5 Å². The number of carbonyl (C=O) groups is 3. The van der Waals surface area contributed by atoms with Crippen LogP contribution in [0.1, 0.15) is 16.8 Å². The number of amides is 3. The molecule has 138 valence electrons. The van der Waals surface area contributed by atoms with Crippen molar-refractivity contribution in [3.8, 4) is 11.3 Å². The summed E-state index contributed by atoms with van der Waals surface area (Å²) in [6, 6.07) is 10.2. The number of pyridine rings is 1. The molecule has 2 aliphatic rings. The Morgan fingerprint density at radius 2 is 1.89 bits per heavy atom. The van der Waals surface area contributed by atoms with Gasteiger partial charge in [-0.1, -0.05) is 23.7 Å². The molecule has 7 nitrogen and oxygen atoms in total. The molecule has 2 aromatic rings. The number of likely N-dealkylation sites (tertiary alicyclic amines) is 1. The number of aromatic amines is 1. The first kappa shape index (κ1) is 17.5. The third-order valence-corrected chi connectivity index (χ3v) is 5.28. The van der Waals surface area contributed by atoms with E-state index >= 15 is 0 Å². The molecule has 1 unspecified atom stereocenters. The number of nitrogens with one attached hydrogen (secondary N) is 2. The van der Waals surface area contributed by atoms with Gasteiger partial charge in [-0.25, -0.2) is 0 Å². The standard InChI is InChI=1S/C19H16ClN3O4/c20-12-3-1-2-10(6-12)15-5-4-13(17(25)21-15)19(27)23-8-11(9-23)14-7-16(24)22-18(14)26/h1-6,11,14H,7-9H2,(H,21,25)(H,22,24,26). The number of imide groups is 1. The zero-order valence-electron chi connectivity index (χ0n) is 14.2. The second kappa shape index (κ2) is 6.66. The van der Waals surface area contributed by atoms with Crippen molar-refractivity contribution in [1.29, 1.82) is 0 Å². The van der Waals surface area contributed by atoms with Crippen LogP contribution in [0.2, 0.25) is 5.02 Å². The summed E-state index contributed by atoms with van der Waals surface area (Å²) in [5.41, 5.74) is 0.891. The van der Waals surface area contributed by atoms with Gasteiger partial charge in [0.1, 0.15) is 5.56 Å². The Bertz CT molecular complexity index is 1010. The van der Waals surface area contributed by atoms with Crippen molar-refractivity contribution < 1.29 is 14.4 Å². The van der Waals surface area contributed by atoms with Crippen molar-refractivity contribution in [3.63, 3.8) is 0 Å². The van der Waals surface area contributed by atoms with Crippen LogP contribution in [0, 0.1) is 11.8 Å². The van der Waals surface area contributed by atoms with Crippen LogP contribution in [0.15, 0.2) is 41.2 Å². The molecule has 4 rings (SSSR count). The highest BCUT2D eigenvalue weighted by Gasteiger charge is 2.44. The van der Waals surface area contributed by atoms with Gasteiger partial charge in [-0.2, -0.15) is 0 Å². The number of carbonyl (C=O) groups excluding carboxylic acids is 3. The van der Waals surface area contributed by atoms with Crippen molar-refractivity contribution in [1.82, 2.24) is 15.2 Å². The fourth-order valence-electron chi connectivity index (χ4n) is 3.52. The lowest BCUT2D eigenvalue weighted by atomic mass is 9.84. The number of halogens is 1. The van der Waals surface area contributed by atoms with Gasteiger partial charge in [0.15, 0.2) is 0 Å². The summed E-state index contributed by atoms with van der Waals surface area (Å²) in [6.45, 7) is 0.722. The average molecular weight is 386 g/mol. The molecular weight excluding hydrogens is 370 g/mol. The molecule has 3 amide bonds. The predicted octanol–water partition coefficient (Wildman–Crippen LogP) is 1.43. The Morgan fingerprint density at radius 3 is 2.52 bits per heavy atom. The molecule has 2 aliphatic heterocycles. The quantitative estimate of drug-likeness (QED) is 0.781. The van der Waals surface area contributed by atoms with Gasteiger partial charge in [-0.05, 0) is 29.8 Å². The van der Waals surface area contributed by atoms with Gasteiger partial charge >= 0.3 is 0 Å². The number of rotatable bonds is 3. The molecule has 0 aliphatic carbocycles. The average Bonchev–Trinajstić information content (AvgIpc) is 2.91. The fraction of sp³-hybridized carbons (Fsp3) is 0.263. The largest absolute Gasteiger partial charge is 0.338 e. The van der Waals surface area contributed by atoms with E-state index in [2.05, 4.69) is 10.3 Å². The molecule has 2 saturated heterocycles. The number of benzene rings is 1. The van der Waals surface area contributed by atoms with Crippen LogP contribution >= 0.6 is 11.6 Å². The molecule has 27 heavy (non-hydrogen) atoms. The molecular formula is C19H16ClN3O4. The summed E-state index contributed by atoms with van der Waals surface area (Å²) >= 11 is 5.97. The molecule has 2 N–H and O–H groups in total. The summed E-state index contributed by atoms with van der Waals surface area (Å²) < 4.78 is 0. The second-order valence-electron chi connectivity index (χ2n) is 6.82. The van der Waals surface area contributed by atoms with Crippen molar-refractivity contribution in [2.24, 2.45) is 11.8 Å².